The Balaban J connectivity index is 1.84. The van der Waals surface area contributed by atoms with Gasteiger partial charge in [0.05, 0.1) is 12.6 Å². The smallest absolute Gasteiger partial charge is 0.315 e. The lowest BCUT2D eigenvalue weighted by atomic mass is 9.85. The molecular formula is C14H26N2O3. The van der Waals surface area contributed by atoms with Gasteiger partial charge in [0.15, 0.2) is 0 Å². The van der Waals surface area contributed by atoms with Crippen LogP contribution in [0.3, 0.4) is 0 Å². The van der Waals surface area contributed by atoms with E-state index in [1.807, 2.05) is 6.92 Å². The van der Waals surface area contributed by atoms with E-state index in [2.05, 4.69) is 10.6 Å². The van der Waals surface area contributed by atoms with Crippen LogP contribution in [0.15, 0.2) is 0 Å². The number of carbonyl (C=O) groups is 1. The van der Waals surface area contributed by atoms with Crippen molar-refractivity contribution in [1.29, 1.82) is 0 Å². The third kappa shape index (κ3) is 3.20. The molecule has 2 amide bonds. The van der Waals surface area contributed by atoms with Crippen molar-refractivity contribution >= 4 is 6.03 Å². The molecule has 2 aliphatic carbocycles. The molecule has 0 aromatic heterocycles. The van der Waals surface area contributed by atoms with Gasteiger partial charge >= 0.3 is 6.03 Å². The average molecular weight is 270 g/mol. The van der Waals surface area contributed by atoms with Crippen molar-refractivity contribution in [1.82, 2.24) is 10.6 Å². The van der Waals surface area contributed by atoms with E-state index in [9.17, 15) is 9.90 Å². The SMILES string of the molecule is CCC(COC)NC(=O)NC1C2CCC(C2)C1CO. The maximum Gasteiger partial charge on any atom is 0.315 e. The van der Waals surface area contributed by atoms with Gasteiger partial charge in [0.2, 0.25) is 0 Å². The summed E-state index contributed by atoms with van der Waals surface area (Å²) in [5, 5.41) is 15.5. The maximum absolute atomic E-state index is 12.0. The molecule has 19 heavy (non-hydrogen) atoms. The summed E-state index contributed by atoms with van der Waals surface area (Å²) < 4.78 is 5.07. The van der Waals surface area contributed by atoms with Crippen molar-refractivity contribution in [2.45, 2.75) is 44.7 Å². The number of urea groups is 1. The summed E-state index contributed by atoms with van der Waals surface area (Å²) >= 11 is 0. The number of methoxy groups -OCH3 is 1. The number of rotatable bonds is 6. The number of ether oxygens (including phenoxy) is 1. The van der Waals surface area contributed by atoms with Gasteiger partial charge in [-0.15, -0.1) is 0 Å². The van der Waals surface area contributed by atoms with Gasteiger partial charge in [-0.1, -0.05) is 6.92 Å². The molecule has 0 heterocycles. The van der Waals surface area contributed by atoms with E-state index in [1.54, 1.807) is 7.11 Å². The van der Waals surface area contributed by atoms with Crippen LogP contribution < -0.4 is 10.6 Å². The fourth-order valence-corrected chi connectivity index (χ4v) is 3.74. The van der Waals surface area contributed by atoms with Crippen LogP contribution in [-0.2, 0) is 4.74 Å². The Bertz CT molecular complexity index is 311. The highest BCUT2D eigenvalue weighted by Gasteiger charge is 2.47. The van der Waals surface area contributed by atoms with Crippen LogP contribution in [0.1, 0.15) is 32.6 Å². The van der Waals surface area contributed by atoms with Crippen LogP contribution in [0.4, 0.5) is 4.79 Å². The molecule has 3 N–H and O–H groups in total. The molecule has 2 bridgehead atoms. The summed E-state index contributed by atoms with van der Waals surface area (Å²) in [5.74, 6) is 1.39. The molecule has 0 spiro atoms. The Labute approximate surface area is 115 Å². The van der Waals surface area contributed by atoms with Crippen LogP contribution in [0, 0.1) is 17.8 Å². The summed E-state index contributed by atoms with van der Waals surface area (Å²) in [6, 6.07) is 0.0693. The number of amides is 2. The summed E-state index contributed by atoms with van der Waals surface area (Å²) in [6.45, 7) is 2.74. The molecule has 0 saturated heterocycles. The molecule has 5 nitrogen and oxygen atoms in total. The summed E-state index contributed by atoms with van der Waals surface area (Å²) in [6.07, 6.45) is 4.39. The maximum atomic E-state index is 12.0. The molecule has 5 atom stereocenters. The molecule has 2 rings (SSSR count). The van der Waals surface area contributed by atoms with Gasteiger partial charge in [0.25, 0.3) is 0 Å². The molecular weight excluding hydrogens is 244 g/mol. The van der Waals surface area contributed by atoms with Crippen molar-refractivity contribution in [3.63, 3.8) is 0 Å². The molecule has 0 aliphatic heterocycles. The van der Waals surface area contributed by atoms with E-state index in [-0.39, 0.29) is 30.6 Å². The quantitative estimate of drug-likeness (QED) is 0.677. The Morgan fingerprint density at radius 1 is 1.42 bits per heavy atom. The van der Waals surface area contributed by atoms with E-state index in [0.29, 0.717) is 18.4 Å². The number of nitrogens with one attached hydrogen (secondary N) is 2. The number of fused-ring (bicyclic) bond motifs is 2. The average Bonchev–Trinajstić information content (AvgIpc) is 2.98. The topological polar surface area (TPSA) is 70.6 Å². The largest absolute Gasteiger partial charge is 0.396 e. The summed E-state index contributed by atoms with van der Waals surface area (Å²) in [4.78, 5) is 12.0. The number of aliphatic hydroxyl groups is 1. The molecule has 2 fully saturated rings. The number of aliphatic hydroxyl groups excluding tert-OH is 1. The molecule has 0 radical (unpaired) electrons. The lowest BCUT2D eigenvalue weighted by Gasteiger charge is -2.31. The summed E-state index contributed by atoms with van der Waals surface area (Å²) in [5.41, 5.74) is 0. The second-order valence-corrected chi connectivity index (χ2v) is 5.88. The molecule has 2 saturated carbocycles. The van der Waals surface area contributed by atoms with Crippen molar-refractivity contribution < 1.29 is 14.6 Å². The van der Waals surface area contributed by atoms with Gasteiger partial charge < -0.3 is 20.5 Å². The standard InChI is InChI=1S/C14H26N2O3/c1-3-11(8-19-2)15-14(18)16-13-10-5-4-9(6-10)12(13)7-17/h9-13,17H,3-8H2,1-2H3,(H2,15,16,18). The van der Waals surface area contributed by atoms with Gasteiger partial charge in [-0.25, -0.2) is 4.79 Å². The zero-order valence-electron chi connectivity index (χ0n) is 11.9. The van der Waals surface area contributed by atoms with Crippen molar-refractivity contribution in [3.05, 3.63) is 0 Å². The van der Waals surface area contributed by atoms with Gasteiger partial charge in [-0.2, -0.15) is 0 Å². The highest BCUT2D eigenvalue weighted by molar-refractivity contribution is 5.74. The van der Waals surface area contributed by atoms with E-state index in [4.69, 9.17) is 4.74 Å². The lowest BCUT2D eigenvalue weighted by Crippen LogP contribution is -2.51. The highest BCUT2D eigenvalue weighted by atomic mass is 16.5. The normalized spacial score (nSPS) is 34.3. The molecule has 0 aromatic rings. The molecule has 110 valence electrons. The first kappa shape index (κ1) is 14.6. The molecule has 5 unspecified atom stereocenters. The highest BCUT2D eigenvalue weighted by Crippen LogP contribution is 2.48. The zero-order chi connectivity index (χ0) is 13.8. The number of hydrogen-bond donors (Lipinski definition) is 3. The Morgan fingerprint density at radius 3 is 2.79 bits per heavy atom. The van der Waals surface area contributed by atoms with Crippen LogP contribution in [0.5, 0.6) is 0 Å². The van der Waals surface area contributed by atoms with E-state index < -0.39 is 0 Å². The van der Waals surface area contributed by atoms with Gasteiger partial charge in [-0.3, -0.25) is 0 Å². The predicted molar refractivity (Wildman–Crippen MR) is 72.8 cm³/mol. The third-order valence-corrected chi connectivity index (χ3v) is 4.79. The number of hydrogen-bond acceptors (Lipinski definition) is 3. The Hall–Kier alpha value is -0.810. The summed E-state index contributed by atoms with van der Waals surface area (Å²) in [7, 11) is 1.64. The second kappa shape index (κ2) is 6.57. The third-order valence-electron chi connectivity index (χ3n) is 4.79. The lowest BCUT2D eigenvalue weighted by molar-refractivity contribution is 0.139. The van der Waals surface area contributed by atoms with Gasteiger partial charge in [-0.05, 0) is 37.5 Å². The second-order valence-electron chi connectivity index (χ2n) is 5.88. The minimum Gasteiger partial charge on any atom is -0.396 e. The fourth-order valence-electron chi connectivity index (χ4n) is 3.74. The van der Waals surface area contributed by atoms with Crippen molar-refractivity contribution in [2.24, 2.45) is 17.8 Å². The molecule has 0 aromatic carbocycles. The molecule has 5 heteroatoms. The minimum atomic E-state index is -0.125. The first-order chi connectivity index (χ1) is 9.19. The van der Waals surface area contributed by atoms with Crippen molar-refractivity contribution in [3.8, 4) is 0 Å². The first-order valence-electron chi connectivity index (χ1n) is 7.36. The Morgan fingerprint density at radius 2 is 2.16 bits per heavy atom. The van der Waals surface area contributed by atoms with E-state index >= 15 is 0 Å². The van der Waals surface area contributed by atoms with Crippen molar-refractivity contribution in [2.75, 3.05) is 20.3 Å². The van der Waals surface area contributed by atoms with Gasteiger partial charge in [0.1, 0.15) is 0 Å². The predicted octanol–water partition coefficient (Wildman–Crippen LogP) is 1.12. The first-order valence-corrected chi connectivity index (χ1v) is 7.36. The van der Waals surface area contributed by atoms with Crippen LogP contribution >= 0.6 is 0 Å². The monoisotopic (exact) mass is 270 g/mol. The van der Waals surface area contributed by atoms with Crippen LogP contribution in [-0.4, -0.2) is 43.5 Å². The van der Waals surface area contributed by atoms with Crippen LogP contribution in [0.25, 0.3) is 0 Å². The van der Waals surface area contributed by atoms with Crippen LogP contribution in [0.2, 0.25) is 0 Å². The van der Waals surface area contributed by atoms with Gasteiger partial charge in [0, 0.05) is 25.7 Å². The zero-order valence-corrected chi connectivity index (χ0v) is 11.9. The van der Waals surface area contributed by atoms with E-state index in [1.165, 1.54) is 12.8 Å². The fraction of sp³-hybridized carbons (Fsp3) is 0.929. The number of carbonyl (C=O) groups excluding carboxylic acids is 1. The minimum absolute atomic E-state index is 0.0520. The van der Waals surface area contributed by atoms with E-state index in [0.717, 1.165) is 12.8 Å². The molecule has 2 aliphatic rings. The Kier molecular flexibility index (Phi) is 5.05.